The van der Waals surface area contributed by atoms with Gasteiger partial charge in [-0.15, -0.1) is 0 Å². The van der Waals surface area contributed by atoms with Gasteiger partial charge in [0.1, 0.15) is 17.1 Å². The monoisotopic (exact) mass is 354 g/mol. The highest BCUT2D eigenvalue weighted by Crippen LogP contribution is 2.18. The summed E-state index contributed by atoms with van der Waals surface area (Å²) in [7, 11) is 1.54. The van der Waals surface area contributed by atoms with Gasteiger partial charge in [0.2, 0.25) is 0 Å². The maximum atomic E-state index is 13.0. The minimum Gasteiger partial charge on any atom is -0.497 e. The molecule has 1 fully saturated rings. The average molecular weight is 354 g/mol. The Hall–Kier alpha value is -3.48. The van der Waals surface area contributed by atoms with Gasteiger partial charge in [-0.25, -0.2) is 9.18 Å². The molecule has 1 aliphatic rings. The standard InChI is InChI=1S/C19H15FN2O4/c1-26-15-8-4-13(5-9-15)11-22-18(24)16(17(23)21-19(22)25)10-12-2-6-14(20)7-3-12/h2-10H,11H2,1H3,(H,21,23,25)/b16-10-. The first kappa shape index (κ1) is 17.3. The number of benzene rings is 2. The number of imide groups is 2. The molecule has 132 valence electrons. The fourth-order valence-electron chi connectivity index (χ4n) is 2.48. The van der Waals surface area contributed by atoms with E-state index in [0.717, 1.165) is 4.90 Å². The Morgan fingerprint density at radius 1 is 1.04 bits per heavy atom. The van der Waals surface area contributed by atoms with Gasteiger partial charge in [-0.2, -0.15) is 0 Å². The second-order valence-electron chi connectivity index (χ2n) is 5.61. The molecular weight excluding hydrogens is 339 g/mol. The third-order valence-corrected chi connectivity index (χ3v) is 3.87. The van der Waals surface area contributed by atoms with E-state index in [1.807, 2.05) is 0 Å². The number of ether oxygens (including phenoxy) is 1. The fourth-order valence-corrected chi connectivity index (χ4v) is 2.48. The highest BCUT2D eigenvalue weighted by Gasteiger charge is 2.35. The quantitative estimate of drug-likeness (QED) is 0.676. The van der Waals surface area contributed by atoms with Gasteiger partial charge in [0.25, 0.3) is 11.8 Å². The van der Waals surface area contributed by atoms with Gasteiger partial charge < -0.3 is 4.74 Å². The highest BCUT2D eigenvalue weighted by atomic mass is 19.1. The number of barbiturate groups is 1. The fraction of sp³-hybridized carbons (Fsp3) is 0.105. The molecule has 0 bridgehead atoms. The molecule has 26 heavy (non-hydrogen) atoms. The van der Waals surface area contributed by atoms with Gasteiger partial charge >= 0.3 is 6.03 Å². The van der Waals surface area contributed by atoms with E-state index in [1.165, 1.54) is 37.5 Å². The van der Waals surface area contributed by atoms with Crippen LogP contribution in [0, 0.1) is 5.82 Å². The molecule has 1 saturated heterocycles. The predicted octanol–water partition coefficient (Wildman–Crippen LogP) is 2.50. The lowest BCUT2D eigenvalue weighted by atomic mass is 10.1. The maximum Gasteiger partial charge on any atom is 0.331 e. The molecule has 0 spiro atoms. The van der Waals surface area contributed by atoms with E-state index in [-0.39, 0.29) is 12.1 Å². The molecule has 0 aromatic heterocycles. The SMILES string of the molecule is COc1ccc(CN2C(=O)NC(=O)/C(=C/c3ccc(F)cc3)C2=O)cc1. The number of hydrogen-bond donors (Lipinski definition) is 1. The third kappa shape index (κ3) is 3.61. The maximum absolute atomic E-state index is 13.0. The van der Waals surface area contributed by atoms with Crippen LogP contribution in [0.15, 0.2) is 54.1 Å². The molecule has 1 N–H and O–H groups in total. The van der Waals surface area contributed by atoms with E-state index in [4.69, 9.17) is 4.74 Å². The normalized spacial score (nSPS) is 16.0. The molecule has 0 saturated carbocycles. The van der Waals surface area contributed by atoms with Crippen LogP contribution < -0.4 is 10.1 Å². The summed E-state index contributed by atoms with van der Waals surface area (Å²) in [6.07, 6.45) is 1.32. The Labute approximate surface area is 148 Å². The van der Waals surface area contributed by atoms with Crippen molar-refractivity contribution in [1.29, 1.82) is 0 Å². The van der Waals surface area contributed by atoms with Crippen molar-refractivity contribution in [2.45, 2.75) is 6.54 Å². The van der Waals surface area contributed by atoms with E-state index in [1.54, 1.807) is 24.3 Å². The van der Waals surface area contributed by atoms with Gasteiger partial charge in [0, 0.05) is 0 Å². The first-order chi connectivity index (χ1) is 12.5. The van der Waals surface area contributed by atoms with Crippen LogP contribution in [0.25, 0.3) is 6.08 Å². The Morgan fingerprint density at radius 3 is 2.31 bits per heavy atom. The second kappa shape index (κ2) is 7.18. The summed E-state index contributed by atoms with van der Waals surface area (Å²) >= 11 is 0. The lowest BCUT2D eigenvalue weighted by molar-refractivity contribution is -0.130. The molecule has 2 aromatic rings. The Bertz CT molecular complexity index is 889. The third-order valence-electron chi connectivity index (χ3n) is 3.87. The van der Waals surface area contributed by atoms with Crippen LogP contribution >= 0.6 is 0 Å². The zero-order valence-corrected chi connectivity index (χ0v) is 13.9. The molecule has 0 aliphatic carbocycles. The molecule has 1 aliphatic heterocycles. The Morgan fingerprint density at radius 2 is 1.69 bits per heavy atom. The summed E-state index contributed by atoms with van der Waals surface area (Å²) < 4.78 is 18.1. The van der Waals surface area contributed by atoms with E-state index in [2.05, 4.69) is 5.32 Å². The molecule has 0 unspecified atom stereocenters. The summed E-state index contributed by atoms with van der Waals surface area (Å²) in [5.41, 5.74) is 0.984. The molecule has 0 radical (unpaired) electrons. The topological polar surface area (TPSA) is 75.7 Å². The van der Waals surface area contributed by atoms with Crippen molar-refractivity contribution < 1.29 is 23.5 Å². The lowest BCUT2D eigenvalue weighted by Crippen LogP contribution is -2.53. The molecule has 6 nitrogen and oxygen atoms in total. The van der Waals surface area contributed by atoms with Gasteiger partial charge in [-0.3, -0.25) is 19.8 Å². The zero-order valence-electron chi connectivity index (χ0n) is 13.9. The van der Waals surface area contributed by atoms with Gasteiger partial charge in [-0.05, 0) is 41.5 Å². The molecule has 3 rings (SSSR count). The summed E-state index contributed by atoms with van der Waals surface area (Å²) in [4.78, 5) is 37.7. The smallest absolute Gasteiger partial charge is 0.331 e. The van der Waals surface area contributed by atoms with Gasteiger partial charge in [0.05, 0.1) is 13.7 Å². The number of hydrogen-bond acceptors (Lipinski definition) is 4. The van der Waals surface area contributed by atoms with E-state index in [0.29, 0.717) is 16.9 Å². The van der Waals surface area contributed by atoms with Crippen LogP contribution in [-0.4, -0.2) is 29.9 Å². The van der Waals surface area contributed by atoms with E-state index >= 15 is 0 Å². The first-order valence-corrected chi connectivity index (χ1v) is 7.75. The van der Waals surface area contributed by atoms with Crippen molar-refractivity contribution in [3.8, 4) is 5.75 Å². The molecule has 1 heterocycles. The number of urea groups is 1. The van der Waals surface area contributed by atoms with Gasteiger partial charge in [0.15, 0.2) is 0 Å². The van der Waals surface area contributed by atoms with Crippen LogP contribution in [0.3, 0.4) is 0 Å². The highest BCUT2D eigenvalue weighted by molar-refractivity contribution is 6.30. The van der Waals surface area contributed by atoms with Crippen molar-refractivity contribution in [2.75, 3.05) is 7.11 Å². The largest absolute Gasteiger partial charge is 0.497 e. The van der Waals surface area contributed by atoms with E-state index in [9.17, 15) is 18.8 Å². The number of halogens is 1. The van der Waals surface area contributed by atoms with Crippen molar-refractivity contribution in [1.82, 2.24) is 10.2 Å². The molecular formula is C19H15FN2O4. The van der Waals surface area contributed by atoms with Crippen molar-refractivity contribution >= 4 is 23.9 Å². The lowest BCUT2D eigenvalue weighted by Gasteiger charge is -2.26. The molecule has 2 aromatic carbocycles. The van der Waals surface area contributed by atoms with Crippen molar-refractivity contribution in [2.24, 2.45) is 0 Å². The minimum atomic E-state index is -0.785. The minimum absolute atomic E-state index is 0.00268. The Balaban J connectivity index is 1.86. The first-order valence-electron chi connectivity index (χ1n) is 7.75. The number of carbonyl (C=O) groups excluding carboxylic acids is 3. The summed E-state index contributed by atoms with van der Waals surface area (Å²) in [5.74, 6) is -1.27. The van der Waals surface area contributed by atoms with Crippen molar-refractivity contribution in [3.05, 3.63) is 71.0 Å². The van der Waals surface area contributed by atoms with Crippen LogP contribution in [0.4, 0.5) is 9.18 Å². The summed E-state index contributed by atoms with van der Waals surface area (Å²) in [6, 6.07) is 11.4. The number of carbonyl (C=O) groups is 3. The van der Waals surface area contributed by atoms with Gasteiger partial charge in [-0.1, -0.05) is 24.3 Å². The van der Waals surface area contributed by atoms with Crippen LogP contribution in [-0.2, 0) is 16.1 Å². The predicted molar refractivity (Wildman–Crippen MR) is 91.5 cm³/mol. The van der Waals surface area contributed by atoms with Crippen LogP contribution in [0.2, 0.25) is 0 Å². The number of nitrogens with zero attached hydrogens (tertiary/aromatic N) is 1. The molecule has 7 heteroatoms. The summed E-state index contributed by atoms with van der Waals surface area (Å²) in [6.45, 7) is 0.00268. The number of rotatable bonds is 4. The van der Waals surface area contributed by atoms with Crippen LogP contribution in [0.1, 0.15) is 11.1 Å². The average Bonchev–Trinajstić information content (AvgIpc) is 2.64. The van der Waals surface area contributed by atoms with Crippen molar-refractivity contribution in [3.63, 3.8) is 0 Å². The number of methoxy groups -OCH3 is 1. The van der Waals surface area contributed by atoms with E-state index < -0.39 is 23.7 Å². The molecule has 4 amide bonds. The molecule has 0 atom stereocenters. The number of amides is 4. The van der Waals surface area contributed by atoms with Crippen LogP contribution in [0.5, 0.6) is 5.75 Å². The summed E-state index contributed by atoms with van der Waals surface area (Å²) in [5, 5.41) is 2.14. The second-order valence-corrected chi connectivity index (χ2v) is 5.61. The Kier molecular flexibility index (Phi) is 4.79. The zero-order chi connectivity index (χ0) is 18.7. The number of nitrogens with one attached hydrogen (secondary N) is 1.